The number of benzene rings is 9. The minimum atomic E-state index is -0.432. The molecule has 0 spiro atoms. The van der Waals surface area contributed by atoms with E-state index in [0.29, 0.717) is 5.92 Å². The Morgan fingerprint density at radius 2 is 0.800 bits per heavy atom. The summed E-state index contributed by atoms with van der Waals surface area (Å²) >= 11 is 0. The van der Waals surface area contributed by atoms with Crippen LogP contribution < -0.4 is 4.90 Å². The smallest absolute Gasteiger partial charge is 0.0713 e. The fraction of sp³-hybridized carbons (Fsp3) is 0.119. The predicted molar refractivity (Wildman–Crippen MR) is 253 cm³/mol. The molecule has 0 aliphatic heterocycles. The SMILES string of the molecule is c1ccc(-c2cccc3cccc(-c4ccc(N(c5ccc(C6CCCCC6)cc5)c5ccc(C6(c7ccccc7)c7ccccc7-c7ccccc76)cc5)cc4)c23)cc1. The Balaban J connectivity index is 1.03. The lowest BCUT2D eigenvalue weighted by Gasteiger charge is -2.34. The number of anilines is 3. The summed E-state index contributed by atoms with van der Waals surface area (Å²) in [6.07, 6.45) is 6.62. The van der Waals surface area contributed by atoms with Crippen LogP contribution in [0.15, 0.2) is 218 Å². The zero-order valence-electron chi connectivity index (χ0n) is 33.8. The third kappa shape index (κ3) is 6.08. The molecule has 2 aliphatic carbocycles. The number of hydrogen-bond donors (Lipinski definition) is 0. The maximum absolute atomic E-state index is 2.43. The van der Waals surface area contributed by atoms with E-state index in [2.05, 4.69) is 223 Å². The van der Waals surface area contributed by atoms with Crippen LogP contribution in [0, 0.1) is 0 Å². The number of fused-ring (bicyclic) bond motifs is 4. The van der Waals surface area contributed by atoms with Gasteiger partial charge < -0.3 is 4.90 Å². The summed E-state index contributed by atoms with van der Waals surface area (Å²) in [7, 11) is 0. The summed E-state index contributed by atoms with van der Waals surface area (Å²) in [4.78, 5) is 2.43. The average Bonchev–Trinajstić information content (AvgIpc) is 3.64. The monoisotopic (exact) mass is 769 g/mol. The lowest BCUT2D eigenvalue weighted by atomic mass is 9.68. The summed E-state index contributed by atoms with van der Waals surface area (Å²) in [5.74, 6) is 0.660. The molecule has 2 aliphatic rings. The summed E-state index contributed by atoms with van der Waals surface area (Å²) in [5, 5.41) is 2.53. The van der Waals surface area contributed by atoms with Gasteiger partial charge >= 0.3 is 0 Å². The van der Waals surface area contributed by atoms with Gasteiger partial charge in [-0.15, -0.1) is 0 Å². The minimum absolute atomic E-state index is 0.432. The van der Waals surface area contributed by atoms with E-state index in [1.807, 2.05) is 0 Å². The Morgan fingerprint density at radius 1 is 0.350 bits per heavy atom. The van der Waals surface area contributed by atoms with Crippen molar-refractivity contribution in [3.63, 3.8) is 0 Å². The van der Waals surface area contributed by atoms with Gasteiger partial charge in [0.1, 0.15) is 0 Å². The van der Waals surface area contributed by atoms with Crippen LogP contribution >= 0.6 is 0 Å². The highest BCUT2D eigenvalue weighted by atomic mass is 15.1. The standard InChI is InChI=1S/C59H47N/c1-4-16-42(17-5-1)43-30-36-49(37-31-43)60(50-38-32-45(33-39-50)53-27-15-21-46-20-14-26-52(58(46)53)44-18-6-2-7-19-44)51-40-34-48(35-41-51)59(47-22-8-3-9-23-47)56-28-12-10-24-54(56)55-25-11-13-29-57(55)59/h2-3,6-15,18-42H,1,4-5,16-17H2. The number of rotatable bonds is 8. The van der Waals surface area contributed by atoms with Crippen LogP contribution in [-0.2, 0) is 5.41 Å². The Labute approximate surface area is 354 Å². The second kappa shape index (κ2) is 15.3. The van der Waals surface area contributed by atoms with Crippen LogP contribution in [0.4, 0.5) is 17.1 Å². The Bertz CT molecular complexity index is 2870. The topological polar surface area (TPSA) is 3.24 Å². The van der Waals surface area contributed by atoms with E-state index in [0.717, 1.165) is 11.4 Å². The van der Waals surface area contributed by atoms with Crippen molar-refractivity contribution in [2.75, 3.05) is 4.90 Å². The molecule has 1 saturated carbocycles. The van der Waals surface area contributed by atoms with E-state index >= 15 is 0 Å². The van der Waals surface area contributed by atoms with Crippen molar-refractivity contribution in [1.29, 1.82) is 0 Å². The largest absolute Gasteiger partial charge is 0.311 e. The van der Waals surface area contributed by atoms with Gasteiger partial charge in [0, 0.05) is 17.1 Å². The lowest BCUT2D eigenvalue weighted by Crippen LogP contribution is -2.28. The molecule has 0 N–H and O–H groups in total. The van der Waals surface area contributed by atoms with Gasteiger partial charge in [-0.05, 0) is 127 Å². The molecule has 1 fully saturated rings. The Morgan fingerprint density at radius 3 is 1.38 bits per heavy atom. The number of hydrogen-bond acceptors (Lipinski definition) is 1. The molecular weight excluding hydrogens is 723 g/mol. The van der Waals surface area contributed by atoms with Crippen molar-refractivity contribution < 1.29 is 0 Å². The molecule has 0 bridgehead atoms. The molecule has 0 aromatic heterocycles. The molecule has 0 heterocycles. The van der Waals surface area contributed by atoms with Crippen molar-refractivity contribution in [2.45, 2.75) is 43.4 Å². The van der Waals surface area contributed by atoms with Gasteiger partial charge in [-0.25, -0.2) is 0 Å². The van der Waals surface area contributed by atoms with Crippen molar-refractivity contribution in [2.24, 2.45) is 0 Å². The van der Waals surface area contributed by atoms with Crippen molar-refractivity contribution >= 4 is 27.8 Å². The van der Waals surface area contributed by atoms with E-state index in [-0.39, 0.29) is 0 Å². The third-order valence-electron chi connectivity index (χ3n) is 13.4. The molecule has 60 heavy (non-hydrogen) atoms. The van der Waals surface area contributed by atoms with Gasteiger partial charge in [0.15, 0.2) is 0 Å². The zero-order valence-corrected chi connectivity index (χ0v) is 33.8. The molecule has 0 radical (unpaired) electrons. The van der Waals surface area contributed by atoms with Gasteiger partial charge in [-0.2, -0.15) is 0 Å². The van der Waals surface area contributed by atoms with E-state index in [9.17, 15) is 0 Å². The first kappa shape index (κ1) is 36.1. The highest BCUT2D eigenvalue weighted by molar-refractivity contribution is 6.06. The quantitative estimate of drug-likeness (QED) is 0.149. The molecule has 0 saturated heterocycles. The Kier molecular flexibility index (Phi) is 9.23. The van der Waals surface area contributed by atoms with Gasteiger partial charge in [-0.1, -0.05) is 201 Å². The predicted octanol–water partition coefficient (Wildman–Crippen LogP) is 16.1. The first-order chi connectivity index (χ1) is 29.8. The molecule has 1 nitrogen and oxygen atoms in total. The maximum atomic E-state index is 2.43. The van der Waals surface area contributed by atoms with Crippen LogP contribution in [0.5, 0.6) is 0 Å². The molecule has 9 aromatic rings. The zero-order chi connectivity index (χ0) is 39.9. The summed E-state index contributed by atoms with van der Waals surface area (Å²) in [6, 6.07) is 81.3. The van der Waals surface area contributed by atoms with Gasteiger partial charge in [0.05, 0.1) is 5.41 Å². The highest BCUT2D eigenvalue weighted by Gasteiger charge is 2.45. The second-order valence-corrected chi connectivity index (χ2v) is 16.6. The fourth-order valence-electron chi connectivity index (χ4n) is 10.6. The minimum Gasteiger partial charge on any atom is -0.311 e. The van der Waals surface area contributed by atoms with Crippen LogP contribution in [0.2, 0.25) is 0 Å². The average molecular weight is 770 g/mol. The van der Waals surface area contributed by atoms with Crippen LogP contribution in [-0.4, -0.2) is 0 Å². The first-order valence-corrected chi connectivity index (χ1v) is 21.7. The molecular formula is C59H47N. The Hall–Kier alpha value is -6.96. The van der Waals surface area contributed by atoms with E-state index in [1.54, 1.807) is 0 Å². The molecule has 0 amide bonds. The lowest BCUT2D eigenvalue weighted by molar-refractivity contribution is 0.443. The van der Waals surface area contributed by atoms with Crippen LogP contribution in [0.25, 0.3) is 44.2 Å². The molecule has 288 valence electrons. The third-order valence-corrected chi connectivity index (χ3v) is 13.4. The number of nitrogens with zero attached hydrogens (tertiary/aromatic N) is 1. The summed E-state index contributed by atoms with van der Waals surface area (Å²) in [6.45, 7) is 0. The summed E-state index contributed by atoms with van der Waals surface area (Å²) < 4.78 is 0. The molecule has 11 rings (SSSR count). The summed E-state index contributed by atoms with van der Waals surface area (Å²) in [5.41, 5.74) is 17.2. The molecule has 0 atom stereocenters. The van der Waals surface area contributed by atoms with Crippen molar-refractivity contribution in [1.82, 2.24) is 0 Å². The van der Waals surface area contributed by atoms with Crippen molar-refractivity contribution in [3.8, 4) is 33.4 Å². The molecule has 9 aromatic carbocycles. The molecule has 1 heteroatoms. The van der Waals surface area contributed by atoms with E-state index < -0.39 is 5.41 Å². The maximum Gasteiger partial charge on any atom is 0.0713 e. The van der Waals surface area contributed by atoms with E-state index in [1.165, 1.54) is 110 Å². The fourth-order valence-corrected chi connectivity index (χ4v) is 10.6. The highest BCUT2D eigenvalue weighted by Crippen LogP contribution is 2.56. The van der Waals surface area contributed by atoms with Crippen molar-refractivity contribution in [3.05, 3.63) is 246 Å². The normalized spacial score (nSPS) is 14.4. The van der Waals surface area contributed by atoms with E-state index in [4.69, 9.17) is 0 Å². The first-order valence-electron chi connectivity index (χ1n) is 21.7. The molecule has 0 unspecified atom stereocenters. The van der Waals surface area contributed by atoms with Crippen LogP contribution in [0.1, 0.15) is 65.8 Å². The van der Waals surface area contributed by atoms with Crippen LogP contribution in [0.3, 0.4) is 0 Å². The van der Waals surface area contributed by atoms with Gasteiger partial charge in [0.25, 0.3) is 0 Å². The van der Waals surface area contributed by atoms with Gasteiger partial charge in [0.2, 0.25) is 0 Å². The second-order valence-electron chi connectivity index (χ2n) is 16.6. The van der Waals surface area contributed by atoms with Gasteiger partial charge in [-0.3, -0.25) is 0 Å².